The Morgan fingerprint density at radius 3 is 2.73 bits per heavy atom. The molecule has 1 aromatic rings. The number of halogens is 1. The second kappa shape index (κ2) is 7.39. The first-order chi connectivity index (χ1) is 7.24. The Kier molecular flexibility index (Phi) is 6.48. The molecular formula is C12H17IOS. The second-order valence-corrected chi connectivity index (χ2v) is 5.29. The number of thiol groups is 1. The van der Waals surface area contributed by atoms with Crippen molar-refractivity contribution in [2.24, 2.45) is 5.92 Å². The van der Waals surface area contributed by atoms with E-state index >= 15 is 0 Å². The molecule has 15 heavy (non-hydrogen) atoms. The number of hydrogen-bond acceptors (Lipinski definition) is 2. The highest BCUT2D eigenvalue weighted by atomic mass is 127. The maximum absolute atomic E-state index is 5.72. The van der Waals surface area contributed by atoms with Crippen molar-refractivity contribution in [1.29, 1.82) is 0 Å². The van der Waals surface area contributed by atoms with Crippen LogP contribution in [0, 0.1) is 9.49 Å². The maximum atomic E-state index is 5.72. The molecule has 3 heteroatoms. The normalized spacial score (nSPS) is 12.5. The maximum Gasteiger partial charge on any atom is 0.132 e. The van der Waals surface area contributed by atoms with E-state index in [1.807, 2.05) is 18.2 Å². The number of para-hydroxylation sites is 1. The summed E-state index contributed by atoms with van der Waals surface area (Å²) < 4.78 is 6.90. The molecule has 0 aliphatic heterocycles. The zero-order valence-corrected chi connectivity index (χ0v) is 12.0. The molecule has 1 unspecified atom stereocenters. The van der Waals surface area contributed by atoms with Crippen LogP contribution in [0.25, 0.3) is 0 Å². The van der Waals surface area contributed by atoms with Crippen LogP contribution in [-0.2, 0) is 0 Å². The van der Waals surface area contributed by atoms with E-state index in [1.54, 1.807) is 0 Å². The largest absolute Gasteiger partial charge is 0.492 e. The van der Waals surface area contributed by atoms with Gasteiger partial charge in [0, 0.05) is 0 Å². The van der Waals surface area contributed by atoms with Crippen molar-refractivity contribution >= 4 is 35.2 Å². The van der Waals surface area contributed by atoms with Crippen molar-refractivity contribution < 1.29 is 4.74 Å². The van der Waals surface area contributed by atoms with Crippen molar-refractivity contribution in [2.75, 3.05) is 12.4 Å². The third kappa shape index (κ3) is 5.11. The number of benzene rings is 1. The summed E-state index contributed by atoms with van der Waals surface area (Å²) in [5.41, 5.74) is 0. The van der Waals surface area contributed by atoms with E-state index in [-0.39, 0.29) is 0 Å². The molecule has 0 saturated heterocycles. The van der Waals surface area contributed by atoms with Crippen molar-refractivity contribution in [3.8, 4) is 5.75 Å². The van der Waals surface area contributed by atoms with E-state index in [4.69, 9.17) is 4.74 Å². The molecular weight excluding hydrogens is 319 g/mol. The fourth-order valence-electron chi connectivity index (χ4n) is 1.30. The molecule has 1 nitrogen and oxygen atoms in total. The highest BCUT2D eigenvalue weighted by molar-refractivity contribution is 14.1. The first kappa shape index (κ1) is 13.2. The predicted octanol–water partition coefficient (Wildman–Crippen LogP) is 4.02. The van der Waals surface area contributed by atoms with Gasteiger partial charge in [0.2, 0.25) is 0 Å². The smallest absolute Gasteiger partial charge is 0.132 e. The van der Waals surface area contributed by atoms with Gasteiger partial charge in [-0.05, 0) is 59.2 Å². The molecule has 1 aromatic carbocycles. The Morgan fingerprint density at radius 2 is 2.07 bits per heavy atom. The fourth-order valence-corrected chi connectivity index (χ4v) is 2.28. The predicted molar refractivity (Wildman–Crippen MR) is 76.9 cm³/mol. The van der Waals surface area contributed by atoms with Crippen LogP contribution in [0.1, 0.15) is 19.8 Å². The van der Waals surface area contributed by atoms with Gasteiger partial charge in [0.1, 0.15) is 5.75 Å². The summed E-state index contributed by atoms with van der Waals surface area (Å²) in [4.78, 5) is 0. The Morgan fingerprint density at radius 1 is 1.33 bits per heavy atom. The minimum Gasteiger partial charge on any atom is -0.492 e. The van der Waals surface area contributed by atoms with Gasteiger partial charge in [0.25, 0.3) is 0 Å². The SMILES string of the molecule is CC(CCS)CCOc1ccccc1I. The minimum atomic E-state index is 0.698. The van der Waals surface area contributed by atoms with Gasteiger partial charge in [-0.2, -0.15) is 12.6 Å². The van der Waals surface area contributed by atoms with Crippen molar-refractivity contribution in [1.82, 2.24) is 0 Å². The second-order valence-electron chi connectivity index (χ2n) is 3.69. The number of rotatable bonds is 6. The lowest BCUT2D eigenvalue weighted by Gasteiger charge is -2.11. The summed E-state index contributed by atoms with van der Waals surface area (Å²) >= 11 is 6.52. The van der Waals surface area contributed by atoms with E-state index in [0.717, 1.165) is 24.5 Å². The number of ether oxygens (including phenoxy) is 1. The van der Waals surface area contributed by atoms with Crippen LogP contribution >= 0.6 is 35.2 Å². The highest BCUT2D eigenvalue weighted by Crippen LogP contribution is 2.20. The van der Waals surface area contributed by atoms with Gasteiger partial charge >= 0.3 is 0 Å². The molecule has 0 fully saturated rings. The Balaban J connectivity index is 2.29. The van der Waals surface area contributed by atoms with Crippen LogP contribution in [0.3, 0.4) is 0 Å². The summed E-state index contributed by atoms with van der Waals surface area (Å²) in [7, 11) is 0. The average Bonchev–Trinajstić information content (AvgIpc) is 2.21. The van der Waals surface area contributed by atoms with Gasteiger partial charge in [0.15, 0.2) is 0 Å². The van der Waals surface area contributed by atoms with Crippen LogP contribution in [0.5, 0.6) is 5.75 Å². The molecule has 1 rings (SSSR count). The molecule has 0 radical (unpaired) electrons. The molecule has 0 aliphatic rings. The first-order valence-corrected chi connectivity index (χ1v) is 6.93. The minimum absolute atomic E-state index is 0.698. The van der Waals surface area contributed by atoms with E-state index in [1.165, 1.54) is 9.99 Å². The lowest BCUT2D eigenvalue weighted by Crippen LogP contribution is -2.05. The van der Waals surface area contributed by atoms with Crippen molar-refractivity contribution in [3.05, 3.63) is 27.8 Å². The van der Waals surface area contributed by atoms with Gasteiger partial charge in [-0.25, -0.2) is 0 Å². The fraction of sp³-hybridized carbons (Fsp3) is 0.500. The molecule has 0 aromatic heterocycles. The van der Waals surface area contributed by atoms with Gasteiger partial charge in [-0.1, -0.05) is 19.1 Å². The van der Waals surface area contributed by atoms with Crippen LogP contribution < -0.4 is 4.74 Å². The summed E-state index contributed by atoms with van der Waals surface area (Å²) in [5, 5.41) is 0. The molecule has 0 saturated carbocycles. The Bertz CT molecular complexity index is 291. The van der Waals surface area contributed by atoms with Crippen LogP contribution in [0.15, 0.2) is 24.3 Å². The van der Waals surface area contributed by atoms with Gasteiger partial charge in [0.05, 0.1) is 10.2 Å². The molecule has 0 aliphatic carbocycles. The van der Waals surface area contributed by atoms with Crippen LogP contribution in [0.2, 0.25) is 0 Å². The third-order valence-corrected chi connectivity index (χ3v) is 3.48. The van der Waals surface area contributed by atoms with E-state index in [9.17, 15) is 0 Å². The third-order valence-electron chi connectivity index (χ3n) is 2.33. The molecule has 0 bridgehead atoms. The zero-order valence-electron chi connectivity index (χ0n) is 8.95. The molecule has 0 spiro atoms. The molecule has 0 N–H and O–H groups in total. The topological polar surface area (TPSA) is 9.23 Å². The number of hydrogen-bond donors (Lipinski definition) is 1. The Hall–Kier alpha value is 0.100. The lowest BCUT2D eigenvalue weighted by molar-refractivity contribution is 0.280. The van der Waals surface area contributed by atoms with Crippen molar-refractivity contribution in [3.63, 3.8) is 0 Å². The van der Waals surface area contributed by atoms with Gasteiger partial charge < -0.3 is 4.74 Å². The lowest BCUT2D eigenvalue weighted by atomic mass is 10.1. The van der Waals surface area contributed by atoms with Crippen LogP contribution in [0.4, 0.5) is 0 Å². The summed E-state index contributed by atoms with van der Waals surface area (Å²) in [5.74, 6) is 2.66. The summed E-state index contributed by atoms with van der Waals surface area (Å²) in [6.07, 6.45) is 2.27. The standard InChI is InChI=1S/C12H17IOS/c1-10(7-9-15)6-8-14-12-5-3-2-4-11(12)13/h2-5,10,15H,6-9H2,1H3. The zero-order chi connectivity index (χ0) is 11.1. The quantitative estimate of drug-likeness (QED) is 0.610. The van der Waals surface area contributed by atoms with Gasteiger partial charge in [-0.15, -0.1) is 0 Å². The van der Waals surface area contributed by atoms with E-state index < -0.39 is 0 Å². The van der Waals surface area contributed by atoms with E-state index in [2.05, 4.69) is 48.2 Å². The first-order valence-electron chi connectivity index (χ1n) is 5.22. The van der Waals surface area contributed by atoms with Crippen LogP contribution in [-0.4, -0.2) is 12.4 Å². The summed E-state index contributed by atoms with van der Waals surface area (Å²) in [6, 6.07) is 8.12. The summed E-state index contributed by atoms with van der Waals surface area (Å²) in [6.45, 7) is 3.05. The molecule has 0 amide bonds. The van der Waals surface area contributed by atoms with E-state index in [0.29, 0.717) is 5.92 Å². The Labute approximate surface area is 111 Å². The van der Waals surface area contributed by atoms with Crippen molar-refractivity contribution in [2.45, 2.75) is 19.8 Å². The highest BCUT2D eigenvalue weighted by Gasteiger charge is 2.02. The monoisotopic (exact) mass is 336 g/mol. The molecule has 1 atom stereocenters. The van der Waals surface area contributed by atoms with Gasteiger partial charge in [-0.3, -0.25) is 0 Å². The molecule has 84 valence electrons. The average molecular weight is 336 g/mol. The molecule has 0 heterocycles.